The minimum Gasteiger partial charge on any atom is -0.324 e. The molecule has 0 radical (unpaired) electrons. The number of aromatic nitrogens is 2. The number of hydrogen-bond acceptors (Lipinski definition) is 3. The summed E-state index contributed by atoms with van der Waals surface area (Å²) in [6.45, 7) is 1.99. The van der Waals surface area contributed by atoms with E-state index in [0.717, 1.165) is 17.5 Å². The van der Waals surface area contributed by atoms with Crippen molar-refractivity contribution in [3.63, 3.8) is 0 Å². The standard InChI is InChI=1S/C12H16N4O/c1-2-5-8(13)11(17)16-12-14-9-6-3-4-7-10(9)15-12/h3-4,6-8H,2,5,13H2,1H3,(H2,14,15,16,17)/t8-/m0/s1. The molecule has 5 heteroatoms. The largest absolute Gasteiger partial charge is 0.324 e. The molecule has 0 spiro atoms. The molecule has 1 atom stereocenters. The summed E-state index contributed by atoms with van der Waals surface area (Å²) in [5.74, 6) is 0.244. The number of anilines is 1. The summed E-state index contributed by atoms with van der Waals surface area (Å²) in [6, 6.07) is 7.12. The smallest absolute Gasteiger partial charge is 0.243 e. The molecule has 1 heterocycles. The van der Waals surface area contributed by atoms with E-state index in [9.17, 15) is 4.79 Å². The minimum atomic E-state index is -0.479. The zero-order valence-corrected chi connectivity index (χ0v) is 9.73. The second-order valence-corrected chi connectivity index (χ2v) is 3.99. The summed E-state index contributed by atoms with van der Waals surface area (Å²) >= 11 is 0. The van der Waals surface area contributed by atoms with Gasteiger partial charge < -0.3 is 10.7 Å². The molecule has 2 rings (SSSR count). The highest BCUT2D eigenvalue weighted by Gasteiger charge is 2.13. The first-order chi connectivity index (χ1) is 8.20. The van der Waals surface area contributed by atoms with Gasteiger partial charge in [-0.25, -0.2) is 4.98 Å². The number of para-hydroxylation sites is 2. The molecule has 2 aromatic rings. The molecule has 1 aromatic heterocycles. The number of nitrogens with one attached hydrogen (secondary N) is 2. The molecule has 1 aromatic carbocycles. The van der Waals surface area contributed by atoms with Crippen LogP contribution in [0.4, 0.5) is 5.95 Å². The average Bonchev–Trinajstić information content (AvgIpc) is 2.71. The van der Waals surface area contributed by atoms with Crippen molar-refractivity contribution in [3.05, 3.63) is 24.3 Å². The number of carbonyl (C=O) groups is 1. The molecule has 0 aliphatic heterocycles. The fourth-order valence-electron chi connectivity index (χ4n) is 1.66. The van der Waals surface area contributed by atoms with E-state index in [1.165, 1.54) is 0 Å². The number of aromatic amines is 1. The Morgan fingerprint density at radius 1 is 1.53 bits per heavy atom. The fraction of sp³-hybridized carbons (Fsp3) is 0.333. The van der Waals surface area contributed by atoms with Gasteiger partial charge in [0.1, 0.15) is 0 Å². The van der Waals surface area contributed by atoms with Crippen LogP contribution in [-0.2, 0) is 4.79 Å². The quantitative estimate of drug-likeness (QED) is 0.749. The number of nitrogens with two attached hydrogens (primary N) is 1. The highest BCUT2D eigenvalue weighted by molar-refractivity contribution is 5.94. The number of carbonyl (C=O) groups excluding carboxylic acids is 1. The van der Waals surface area contributed by atoms with Gasteiger partial charge in [0.15, 0.2) is 0 Å². The monoisotopic (exact) mass is 232 g/mol. The van der Waals surface area contributed by atoms with Gasteiger partial charge in [-0.05, 0) is 18.6 Å². The highest BCUT2D eigenvalue weighted by atomic mass is 16.2. The Hall–Kier alpha value is -1.88. The molecule has 0 fully saturated rings. The lowest BCUT2D eigenvalue weighted by Crippen LogP contribution is -2.35. The number of rotatable bonds is 4. The third kappa shape index (κ3) is 2.62. The van der Waals surface area contributed by atoms with Crippen molar-refractivity contribution in [1.29, 1.82) is 0 Å². The SMILES string of the molecule is CCC[C@H](N)C(=O)Nc1nc2ccccc2[nH]1. The first kappa shape index (κ1) is 11.6. The Morgan fingerprint density at radius 2 is 2.29 bits per heavy atom. The predicted molar refractivity (Wildman–Crippen MR) is 67.6 cm³/mol. The number of hydrogen-bond donors (Lipinski definition) is 3. The fourth-order valence-corrected chi connectivity index (χ4v) is 1.66. The molecule has 0 unspecified atom stereocenters. The second kappa shape index (κ2) is 4.97. The molecule has 0 saturated heterocycles. The summed E-state index contributed by atoms with van der Waals surface area (Å²) in [7, 11) is 0. The zero-order valence-electron chi connectivity index (χ0n) is 9.73. The van der Waals surface area contributed by atoms with E-state index in [1.807, 2.05) is 31.2 Å². The number of nitrogens with zero attached hydrogens (tertiary/aromatic N) is 1. The van der Waals surface area contributed by atoms with E-state index >= 15 is 0 Å². The summed E-state index contributed by atoms with van der Waals surface area (Å²) in [5.41, 5.74) is 7.44. The van der Waals surface area contributed by atoms with E-state index in [1.54, 1.807) is 0 Å². The Bertz CT molecular complexity index is 487. The molecule has 5 nitrogen and oxygen atoms in total. The van der Waals surface area contributed by atoms with Gasteiger partial charge in [-0.2, -0.15) is 0 Å². The van der Waals surface area contributed by atoms with Crippen molar-refractivity contribution in [2.45, 2.75) is 25.8 Å². The first-order valence-electron chi connectivity index (χ1n) is 5.72. The van der Waals surface area contributed by atoms with E-state index < -0.39 is 6.04 Å². The van der Waals surface area contributed by atoms with E-state index in [-0.39, 0.29) is 5.91 Å². The maximum Gasteiger partial charge on any atom is 0.243 e. The van der Waals surface area contributed by atoms with Crippen molar-refractivity contribution in [3.8, 4) is 0 Å². The van der Waals surface area contributed by atoms with Crippen LogP contribution in [0.15, 0.2) is 24.3 Å². The van der Waals surface area contributed by atoms with Gasteiger partial charge in [-0.1, -0.05) is 25.5 Å². The maximum atomic E-state index is 11.7. The van der Waals surface area contributed by atoms with Gasteiger partial charge in [0, 0.05) is 0 Å². The van der Waals surface area contributed by atoms with Crippen LogP contribution in [0.2, 0.25) is 0 Å². The minimum absolute atomic E-state index is 0.203. The molecule has 90 valence electrons. The Labute approximate surface area is 99.4 Å². The summed E-state index contributed by atoms with van der Waals surface area (Å²) in [6.07, 6.45) is 1.56. The van der Waals surface area contributed by atoms with Gasteiger partial charge in [0.2, 0.25) is 11.9 Å². The zero-order chi connectivity index (χ0) is 12.3. The van der Waals surface area contributed by atoms with E-state index in [4.69, 9.17) is 5.73 Å². The van der Waals surface area contributed by atoms with Crippen molar-refractivity contribution in [2.75, 3.05) is 5.32 Å². The number of H-pyrrole nitrogens is 1. The van der Waals surface area contributed by atoms with Crippen LogP contribution in [0.1, 0.15) is 19.8 Å². The topological polar surface area (TPSA) is 83.8 Å². The van der Waals surface area contributed by atoms with Gasteiger partial charge in [0.05, 0.1) is 17.1 Å². The predicted octanol–water partition coefficient (Wildman–Crippen LogP) is 1.63. The third-order valence-electron chi connectivity index (χ3n) is 2.57. The molecule has 4 N–H and O–H groups in total. The lowest BCUT2D eigenvalue weighted by atomic mass is 10.2. The Morgan fingerprint density at radius 3 is 3.00 bits per heavy atom. The molecule has 1 amide bonds. The van der Waals surface area contributed by atoms with Crippen molar-refractivity contribution >= 4 is 22.9 Å². The van der Waals surface area contributed by atoms with Gasteiger partial charge in [-0.15, -0.1) is 0 Å². The number of fused-ring (bicyclic) bond motifs is 1. The molecule has 0 aliphatic rings. The Kier molecular flexibility index (Phi) is 3.39. The third-order valence-corrected chi connectivity index (χ3v) is 2.57. The molecular formula is C12H16N4O. The number of amides is 1. The lowest BCUT2D eigenvalue weighted by Gasteiger charge is -2.08. The van der Waals surface area contributed by atoms with Crippen molar-refractivity contribution in [1.82, 2.24) is 9.97 Å². The van der Waals surface area contributed by atoms with Crippen molar-refractivity contribution in [2.24, 2.45) is 5.73 Å². The molecule has 0 aliphatic carbocycles. The normalized spacial score (nSPS) is 12.6. The molecule has 17 heavy (non-hydrogen) atoms. The summed E-state index contributed by atoms with van der Waals surface area (Å²) in [5, 5.41) is 2.69. The average molecular weight is 232 g/mol. The van der Waals surface area contributed by atoms with Gasteiger partial charge >= 0.3 is 0 Å². The Balaban J connectivity index is 2.10. The van der Waals surface area contributed by atoms with Crippen LogP contribution in [-0.4, -0.2) is 21.9 Å². The van der Waals surface area contributed by atoms with Gasteiger partial charge in [-0.3, -0.25) is 10.1 Å². The van der Waals surface area contributed by atoms with Crippen LogP contribution in [0.25, 0.3) is 11.0 Å². The maximum absolute atomic E-state index is 11.7. The first-order valence-corrected chi connectivity index (χ1v) is 5.72. The highest BCUT2D eigenvalue weighted by Crippen LogP contribution is 2.13. The summed E-state index contributed by atoms with van der Waals surface area (Å²) < 4.78 is 0. The van der Waals surface area contributed by atoms with Crippen LogP contribution in [0.3, 0.4) is 0 Å². The second-order valence-electron chi connectivity index (χ2n) is 3.99. The lowest BCUT2D eigenvalue weighted by molar-refractivity contribution is -0.117. The van der Waals surface area contributed by atoms with Crippen LogP contribution in [0.5, 0.6) is 0 Å². The van der Waals surface area contributed by atoms with E-state index in [0.29, 0.717) is 12.4 Å². The van der Waals surface area contributed by atoms with Gasteiger partial charge in [0.25, 0.3) is 0 Å². The van der Waals surface area contributed by atoms with Crippen LogP contribution in [0, 0.1) is 0 Å². The van der Waals surface area contributed by atoms with Crippen molar-refractivity contribution < 1.29 is 4.79 Å². The number of imidazole rings is 1. The summed E-state index contributed by atoms with van der Waals surface area (Å²) in [4.78, 5) is 19.0. The number of benzene rings is 1. The van der Waals surface area contributed by atoms with E-state index in [2.05, 4.69) is 15.3 Å². The molecular weight excluding hydrogens is 216 g/mol. The van der Waals surface area contributed by atoms with Crippen LogP contribution < -0.4 is 11.1 Å². The molecule has 0 bridgehead atoms. The van der Waals surface area contributed by atoms with Crippen LogP contribution >= 0.6 is 0 Å². The molecule has 0 saturated carbocycles.